The van der Waals surface area contributed by atoms with Crippen LogP contribution >= 0.6 is 31.9 Å². The minimum absolute atomic E-state index is 0.0314. The number of rotatable bonds is 8. The molecule has 0 atom stereocenters. The van der Waals surface area contributed by atoms with E-state index in [1.165, 1.54) is 13.2 Å². The van der Waals surface area contributed by atoms with Crippen LogP contribution < -0.4 is 10.0 Å². The van der Waals surface area contributed by atoms with Crippen molar-refractivity contribution in [3.05, 3.63) is 27.1 Å². The largest absolute Gasteiger partial charge is 0.383 e. The first-order valence-electron chi connectivity index (χ1n) is 6.07. The normalized spacial score (nSPS) is 11.4. The van der Waals surface area contributed by atoms with Crippen molar-refractivity contribution in [1.29, 1.82) is 0 Å². The summed E-state index contributed by atoms with van der Waals surface area (Å²) in [5.74, 6) is -0.232. The third kappa shape index (κ3) is 6.43. The molecule has 0 saturated carbocycles. The molecule has 0 unspecified atom stereocenters. The first-order valence-corrected chi connectivity index (χ1v) is 9.14. The highest BCUT2D eigenvalue weighted by Gasteiger charge is 2.17. The van der Waals surface area contributed by atoms with Crippen LogP contribution in [0.15, 0.2) is 32.0 Å². The summed E-state index contributed by atoms with van der Waals surface area (Å²) in [6.45, 7) is 0.854. The van der Waals surface area contributed by atoms with Crippen LogP contribution in [0.2, 0.25) is 0 Å². The van der Waals surface area contributed by atoms with Gasteiger partial charge in [0.15, 0.2) is 0 Å². The van der Waals surface area contributed by atoms with Crippen molar-refractivity contribution in [2.75, 3.05) is 26.8 Å². The number of carbonyl (C=O) groups is 1. The Kier molecular flexibility index (Phi) is 7.82. The van der Waals surface area contributed by atoms with E-state index in [9.17, 15) is 13.2 Å². The molecule has 0 aliphatic carbocycles. The molecular weight excluding hydrogens is 428 g/mol. The lowest BCUT2D eigenvalue weighted by molar-refractivity contribution is -0.121. The maximum Gasteiger partial charge on any atom is 0.241 e. The first kappa shape index (κ1) is 18.6. The molecule has 0 bridgehead atoms. The molecule has 0 aromatic heterocycles. The number of hydrogen-bond donors (Lipinski definition) is 2. The summed E-state index contributed by atoms with van der Waals surface area (Å²) < 4.78 is 32.6. The molecule has 0 aliphatic heterocycles. The Labute approximate surface area is 140 Å². The summed E-state index contributed by atoms with van der Waals surface area (Å²) in [7, 11) is -2.11. The second-order valence-electron chi connectivity index (χ2n) is 4.07. The Bertz CT molecular complexity index is 593. The standard InChI is InChI=1S/C12H16Br2N2O4S/c1-20-7-6-15-12(17)4-5-16-21(18,19)11-3-2-9(13)8-10(11)14/h2-3,8,16H,4-7H2,1H3,(H,15,17). The summed E-state index contributed by atoms with van der Waals surface area (Å²) in [4.78, 5) is 11.6. The molecule has 21 heavy (non-hydrogen) atoms. The second-order valence-corrected chi connectivity index (χ2v) is 7.57. The lowest BCUT2D eigenvalue weighted by atomic mass is 10.4. The minimum Gasteiger partial charge on any atom is -0.383 e. The number of benzene rings is 1. The second kappa shape index (κ2) is 8.84. The van der Waals surface area contributed by atoms with Gasteiger partial charge in [0, 0.05) is 35.6 Å². The van der Waals surface area contributed by atoms with E-state index < -0.39 is 10.0 Å². The van der Waals surface area contributed by atoms with Gasteiger partial charge in [0.2, 0.25) is 15.9 Å². The lowest BCUT2D eigenvalue weighted by Gasteiger charge is -2.09. The molecule has 0 heterocycles. The van der Waals surface area contributed by atoms with Crippen molar-refractivity contribution < 1.29 is 17.9 Å². The van der Waals surface area contributed by atoms with E-state index >= 15 is 0 Å². The molecular formula is C12H16Br2N2O4S. The number of methoxy groups -OCH3 is 1. The van der Waals surface area contributed by atoms with E-state index in [0.717, 1.165) is 4.47 Å². The molecule has 1 aromatic carbocycles. The van der Waals surface area contributed by atoms with E-state index in [4.69, 9.17) is 4.74 Å². The molecule has 0 saturated heterocycles. The van der Waals surface area contributed by atoms with Gasteiger partial charge < -0.3 is 10.1 Å². The Morgan fingerprint density at radius 2 is 2.00 bits per heavy atom. The zero-order valence-corrected chi connectivity index (χ0v) is 15.3. The zero-order valence-electron chi connectivity index (χ0n) is 11.4. The lowest BCUT2D eigenvalue weighted by Crippen LogP contribution is -2.32. The van der Waals surface area contributed by atoms with Crippen molar-refractivity contribution in [2.24, 2.45) is 0 Å². The Hall–Kier alpha value is -0.480. The fraction of sp³-hybridized carbons (Fsp3) is 0.417. The van der Waals surface area contributed by atoms with Crippen LogP contribution in [0.3, 0.4) is 0 Å². The highest BCUT2D eigenvalue weighted by molar-refractivity contribution is 9.11. The topological polar surface area (TPSA) is 84.5 Å². The van der Waals surface area contributed by atoms with Crippen molar-refractivity contribution in [3.8, 4) is 0 Å². The fourth-order valence-corrected chi connectivity index (χ4v) is 4.23. The quantitative estimate of drug-likeness (QED) is 0.598. The van der Waals surface area contributed by atoms with E-state index in [1.807, 2.05) is 0 Å². The zero-order chi connectivity index (χ0) is 15.9. The van der Waals surface area contributed by atoms with Gasteiger partial charge in [-0.25, -0.2) is 13.1 Å². The first-order chi connectivity index (χ1) is 9.86. The molecule has 0 aliphatic rings. The number of amides is 1. The van der Waals surface area contributed by atoms with Crippen LogP contribution in [0.1, 0.15) is 6.42 Å². The monoisotopic (exact) mass is 442 g/mol. The third-order valence-corrected chi connectivity index (χ3v) is 5.39. The predicted octanol–water partition coefficient (Wildman–Crippen LogP) is 1.64. The minimum atomic E-state index is -3.65. The predicted molar refractivity (Wildman–Crippen MR) is 86.5 cm³/mol. The molecule has 0 radical (unpaired) electrons. The number of sulfonamides is 1. The third-order valence-electron chi connectivity index (χ3n) is 2.46. The van der Waals surface area contributed by atoms with Crippen molar-refractivity contribution in [1.82, 2.24) is 10.0 Å². The Morgan fingerprint density at radius 1 is 1.29 bits per heavy atom. The van der Waals surface area contributed by atoms with Crippen LogP contribution in [0.4, 0.5) is 0 Å². The van der Waals surface area contributed by atoms with Crippen LogP contribution in [-0.2, 0) is 19.6 Å². The highest BCUT2D eigenvalue weighted by atomic mass is 79.9. The van der Waals surface area contributed by atoms with Crippen LogP contribution in [-0.4, -0.2) is 41.1 Å². The van der Waals surface area contributed by atoms with Gasteiger partial charge in [-0.15, -0.1) is 0 Å². The molecule has 6 nitrogen and oxygen atoms in total. The number of nitrogens with one attached hydrogen (secondary N) is 2. The average molecular weight is 444 g/mol. The molecule has 1 amide bonds. The summed E-state index contributed by atoms with van der Waals surface area (Å²) in [6, 6.07) is 4.76. The van der Waals surface area contributed by atoms with Crippen molar-refractivity contribution in [3.63, 3.8) is 0 Å². The van der Waals surface area contributed by atoms with Crippen LogP contribution in [0.25, 0.3) is 0 Å². The number of carbonyl (C=O) groups excluding carboxylic acids is 1. The van der Waals surface area contributed by atoms with E-state index in [0.29, 0.717) is 17.6 Å². The van der Waals surface area contributed by atoms with Gasteiger partial charge in [-0.05, 0) is 34.1 Å². The molecule has 0 spiro atoms. The Balaban J connectivity index is 2.52. The van der Waals surface area contributed by atoms with Crippen molar-refractivity contribution in [2.45, 2.75) is 11.3 Å². The van der Waals surface area contributed by atoms with Crippen LogP contribution in [0, 0.1) is 0 Å². The maximum atomic E-state index is 12.1. The molecule has 2 N–H and O–H groups in total. The van der Waals surface area contributed by atoms with E-state index in [-0.39, 0.29) is 23.8 Å². The number of halogens is 2. The van der Waals surface area contributed by atoms with E-state index in [1.54, 1.807) is 12.1 Å². The number of ether oxygens (including phenoxy) is 1. The fourth-order valence-electron chi connectivity index (χ4n) is 1.45. The summed E-state index contributed by atoms with van der Waals surface area (Å²) in [6.07, 6.45) is 0.0666. The Morgan fingerprint density at radius 3 is 2.62 bits per heavy atom. The highest BCUT2D eigenvalue weighted by Crippen LogP contribution is 2.25. The average Bonchev–Trinajstić information content (AvgIpc) is 2.38. The summed E-state index contributed by atoms with van der Waals surface area (Å²) >= 11 is 6.46. The molecule has 1 aromatic rings. The van der Waals surface area contributed by atoms with E-state index in [2.05, 4.69) is 41.9 Å². The number of hydrogen-bond acceptors (Lipinski definition) is 4. The SMILES string of the molecule is COCCNC(=O)CCNS(=O)(=O)c1ccc(Br)cc1Br. The van der Waals surface area contributed by atoms with Gasteiger partial charge >= 0.3 is 0 Å². The summed E-state index contributed by atoms with van der Waals surface area (Å²) in [5, 5.41) is 2.61. The molecule has 1 rings (SSSR count). The summed E-state index contributed by atoms with van der Waals surface area (Å²) in [5.41, 5.74) is 0. The van der Waals surface area contributed by atoms with Gasteiger partial charge in [0.05, 0.1) is 11.5 Å². The molecule has 9 heteroatoms. The maximum absolute atomic E-state index is 12.1. The van der Waals surface area contributed by atoms with Crippen LogP contribution in [0.5, 0.6) is 0 Å². The van der Waals surface area contributed by atoms with Crippen molar-refractivity contribution >= 4 is 47.8 Å². The van der Waals surface area contributed by atoms with Gasteiger partial charge in [-0.3, -0.25) is 4.79 Å². The van der Waals surface area contributed by atoms with Gasteiger partial charge in [0.25, 0.3) is 0 Å². The van der Waals surface area contributed by atoms with Gasteiger partial charge in [-0.1, -0.05) is 15.9 Å². The smallest absolute Gasteiger partial charge is 0.241 e. The van der Waals surface area contributed by atoms with Gasteiger partial charge in [0.1, 0.15) is 0 Å². The van der Waals surface area contributed by atoms with Gasteiger partial charge in [-0.2, -0.15) is 0 Å². The molecule has 0 fully saturated rings. The molecule has 118 valence electrons.